The summed E-state index contributed by atoms with van der Waals surface area (Å²) >= 11 is 0. The number of rotatable bonds is 5. The van der Waals surface area contributed by atoms with E-state index in [9.17, 15) is 4.79 Å². The van der Waals surface area contributed by atoms with Gasteiger partial charge in [0.05, 0.1) is 6.42 Å². The van der Waals surface area contributed by atoms with Gasteiger partial charge in [-0.05, 0) is 18.6 Å². The lowest BCUT2D eigenvalue weighted by atomic mass is 10.1. The number of nitrogens with zero attached hydrogens (tertiary/aromatic N) is 4. The molecule has 0 aromatic carbocycles. The van der Waals surface area contributed by atoms with Crippen LogP contribution in [0, 0.1) is 6.92 Å². The summed E-state index contributed by atoms with van der Waals surface area (Å²) in [6.45, 7) is 6.54. The topological polar surface area (TPSA) is 59.0 Å². The van der Waals surface area contributed by atoms with Crippen molar-refractivity contribution in [2.45, 2.75) is 39.7 Å². The average Bonchev–Trinajstić information content (AvgIpc) is 2.50. The summed E-state index contributed by atoms with van der Waals surface area (Å²) in [5.41, 5.74) is 2.79. The summed E-state index contributed by atoms with van der Waals surface area (Å²) in [4.78, 5) is 26.9. The molecule has 2 aromatic rings. The molecule has 0 radical (unpaired) electrons. The minimum absolute atomic E-state index is 0.0593. The van der Waals surface area contributed by atoms with Crippen molar-refractivity contribution in [3.05, 3.63) is 53.4 Å². The van der Waals surface area contributed by atoms with Crippen LogP contribution in [0.25, 0.3) is 0 Å². The SMILES string of the molecule is Cc1ncccc1CC(=O)N(C)Cc1cnc(C(C)C)nc1. The highest BCUT2D eigenvalue weighted by atomic mass is 16.2. The van der Waals surface area contributed by atoms with E-state index in [1.54, 1.807) is 30.5 Å². The fraction of sp³-hybridized carbons (Fsp3) is 0.412. The normalized spacial score (nSPS) is 10.8. The summed E-state index contributed by atoms with van der Waals surface area (Å²) < 4.78 is 0. The van der Waals surface area contributed by atoms with Crippen LogP contribution in [0.1, 0.15) is 42.4 Å². The van der Waals surface area contributed by atoms with E-state index in [0.717, 1.165) is 22.6 Å². The van der Waals surface area contributed by atoms with Crippen molar-refractivity contribution in [1.29, 1.82) is 0 Å². The van der Waals surface area contributed by atoms with Gasteiger partial charge in [-0.3, -0.25) is 9.78 Å². The minimum Gasteiger partial charge on any atom is -0.341 e. The van der Waals surface area contributed by atoms with Gasteiger partial charge in [-0.2, -0.15) is 0 Å². The third-order valence-corrected chi connectivity index (χ3v) is 3.55. The third kappa shape index (κ3) is 4.10. The van der Waals surface area contributed by atoms with Crippen LogP contribution < -0.4 is 0 Å². The maximum absolute atomic E-state index is 12.3. The van der Waals surface area contributed by atoms with Crippen LogP contribution in [0.4, 0.5) is 0 Å². The summed E-state index contributed by atoms with van der Waals surface area (Å²) in [5, 5.41) is 0. The number of aryl methyl sites for hydroxylation is 1. The summed E-state index contributed by atoms with van der Waals surface area (Å²) in [7, 11) is 1.80. The minimum atomic E-state index is 0.0593. The maximum atomic E-state index is 12.3. The van der Waals surface area contributed by atoms with Gasteiger partial charge in [0.2, 0.25) is 5.91 Å². The van der Waals surface area contributed by atoms with Crippen LogP contribution in [-0.4, -0.2) is 32.8 Å². The van der Waals surface area contributed by atoms with E-state index in [0.29, 0.717) is 18.9 Å². The van der Waals surface area contributed by atoms with E-state index in [4.69, 9.17) is 0 Å². The van der Waals surface area contributed by atoms with Gasteiger partial charge in [0.1, 0.15) is 5.82 Å². The van der Waals surface area contributed by atoms with Gasteiger partial charge < -0.3 is 4.90 Å². The molecule has 1 amide bonds. The lowest BCUT2D eigenvalue weighted by Crippen LogP contribution is -2.28. The van der Waals surface area contributed by atoms with Crippen molar-refractivity contribution in [2.24, 2.45) is 0 Å². The molecule has 0 aliphatic heterocycles. The molecule has 0 saturated carbocycles. The molecule has 0 spiro atoms. The van der Waals surface area contributed by atoms with E-state index < -0.39 is 0 Å². The molecule has 116 valence electrons. The number of carbonyl (C=O) groups excluding carboxylic acids is 1. The average molecular weight is 298 g/mol. The molecule has 0 aliphatic carbocycles. The van der Waals surface area contributed by atoms with E-state index in [-0.39, 0.29) is 5.91 Å². The van der Waals surface area contributed by atoms with Gasteiger partial charge in [-0.25, -0.2) is 9.97 Å². The van der Waals surface area contributed by atoms with Crippen LogP contribution in [0.3, 0.4) is 0 Å². The first-order valence-electron chi connectivity index (χ1n) is 7.42. The number of amides is 1. The number of pyridine rings is 1. The van der Waals surface area contributed by atoms with E-state index in [1.807, 2.05) is 19.1 Å². The third-order valence-electron chi connectivity index (χ3n) is 3.55. The lowest BCUT2D eigenvalue weighted by Gasteiger charge is -2.17. The summed E-state index contributed by atoms with van der Waals surface area (Å²) in [6, 6.07) is 3.79. The van der Waals surface area contributed by atoms with Crippen LogP contribution >= 0.6 is 0 Å². The smallest absolute Gasteiger partial charge is 0.227 e. The molecule has 2 aromatic heterocycles. The molecule has 22 heavy (non-hydrogen) atoms. The Morgan fingerprint density at radius 2 is 1.91 bits per heavy atom. The molecule has 5 nitrogen and oxygen atoms in total. The largest absolute Gasteiger partial charge is 0.341 e. The monoisotopic (exact) mass is 298 g/mol. The van der Waals surface area contributed by atoms with Gasteiger partial charge in [-0.15, -0.1) is 0 Å². The van der Waals surface area contributed by atoms with Gasteiger partial charge >= 0.3 is 0 Å². The van der Waals surface area contributed by atoms with E-state index >= 15 is 0 Å². The van der Waals surface area contributed by atoms with Crippen LogP contribution in [0.15, 0.2) is 30.7 Å². The van der Waals surface area contributed by atoms with E-state index in [2.05, 4.69) is 28.8 Å². The molecule has 0 atom stereocenters. The number of carbonyl (C=O) groups is 1. The summed E-state index contributed by atoms with van der Waals surface area (Å²) in [6.07, 6.45) is 5.69. The second kappa shape index (κ2) is 7.11. The first kappa shape index (κ1) is 16.1. The fourth-order valence-corrected chi connectivity index (χ4v) is 2.11. The molecular formula is C17H22N4O. The number of hydrogen-bond acceptors (Lipinski definition) is 4. The second-order valence-corrected chi connectivity index (χ2v) is 5.78. The molecule has 0 saturated heterocycles. The Morgan fingerprint density at radius 1 is 1.23 bits per heavy atom. The fourth-order valence-electron chi connectivity index (χ4n) is 2.11. The zero-order valence-corrected chi connectivity index (χ0v) is 13.6. The second-order valence-electron chi connectivity index (χ2n) is 5.78. The van der Waals surface area contributed by atoms with Crippen molar-refractivity contribution in [1.82, 2.24) is 19.9 Å². The van der Waals surface area contributed by atoms with Crippen molar-refractivity contribution >= 4 is 5.91 Å². The van der Waals surface area contributed by atoms with Crippen molar-refractivity contribution in [2.75, 3.05) is 7.05 Å². The van der Waals surface area contributed by atoms with E-state index in [1.165, 1.54) is 0 Å². The highest BCUT2D eigenvalue weighted by Gasteiger charge is 2.12. The Hall–Kier alpha value is -2.30. The quantitative estimate of drug-likeness (QED) is 0.851. The molecule has 0 aliphatic rings. The molecule has 5 heteroatoms. The first-order chi connectivity index (χ1) is 10.5. The van der Waals surface area contributed by atoms with Crippen molar-refractivity contribution in [3.8, 4) is 0 Å². The van der Waals surface area contributed by atoms with Crippen molar-refractivity contribution < 1.29 is 4.79 Å². The molecule has 2 heterocycles. The number of aromatic nitrogens is 3. The Morgan fingerprint density at radius 3 is 2.50 bits per heavy atom. The van der Waals surface area contributed by atoms with Crippen molar-refractivity contribution in [3.63, 3.8) is 0 Å². The molecule has 0 bridgehead atoms. The Bertz CT molecular complexity index is 637. The predicted molar refractivity (Wildman–Crippen MR) is 85.3 cm³/mol. The predicted octanol–water partition coefficient (Wildman–Crippen LogP) is 2.50. The highest BCUT2D eigenvalue weighted by molar-refractivity contribution is 5.78. The van der Waals surface area contributed by atoms with Gasteiger partial charge in [0.25, 0.3) is 0 Å². The zero-order chi connectivity index (χ0) is 16.1. The molecule has 0 N–H and O–H groups in total. The molecule has 2 rings (SSSR count). The Kier molecular flexibility index (Phi) is 5.20. The van der Waals surface area contributed by atoms with Gasteiger partial charge in [0, 0.05) is 49.4 Å². The number of hydrogen-bond donors (Lipinski definition) is 0. The van der Waals surface area contributed by atoms with Gasteiger partial charge in [-0.1, -0.05) is 19.9 Å². The zero-order valence-electron chi connectivity index (χ0n) is 13.6. The van der Waals surface area contributed by atoms with Crippen LogP contribution in [0.5, 0.6) is 0 Å². The molecular weight excluding hydrogens is 276 g/mol. The van der Waals surface area contributed by atoms with Crippen LogP contribution in [-0.2, 0) is 17.8 Å². The Balaban J connectivity index is 1.98. The van der Waals surface area contributed by atoms with Crippen LogP contribution in [0.2, 0.25) is 0 Å². The molecule has 0 fully saturated rings. The first-order valence-corrected chi connectivity index (χ1v) is 7.42. The highest BCUT2D eigenvalue weighted by Crippen LogP contribution is 2.10. The maximum Gasteiger partial charge on any atom is 0.227 e. The Labute approximate surface area is 131 Å². The number of likely N-dealkylation sites (N-methyl/N-ethyl adjacent to an activating group) is 1. The standard InChI is InChI=1S/C17H22N4O/c1-12(2)17-19-9-14(10-20-17)11-21(4)16(22)8-15-6-5-7-18-13(15)3/h5-7,9-10,12H,8,11H2,1-4H3. The van der Waals surface area contributed by atoms with Gasteiger partial charge in [0.15, 0.2) is 0 Å². The molecule has 0 unspecified atom stereocenters. The lowest BCUT2D eigenvalue weighted by molar-refractivity contribution is -0.129. The summed E-state index contributed by atoms with van der Waals surface area (Å²) in [5.74, 6) is 1.19.